The van der Waals surface area contributed by atoms with Crippen LogP contribution >= 0.6 is 0 Å². The van der Waals surface area contributed by atoms with Crippen molar-refractivity contribution >= 4 is 15.6 Å². The van der Waals surface area contributed by atoms with E-state index in [4.69, 9.17) is 4.52 Å². The van der Waals surface area contributed by atoms with Crippen LogP contribution in [0.4, 0.5) is 8.78 Å². The van der Waals surface area contributed by atoms with Gasteiger partial charge in [0.15, 0.2) is 32.9 Å². The minimum Gasteiger partial charge on any atom is -0.395 e. The Morgan fingerprint density at radius 3 is 2.60 bits per heavy atom. The standard InChI is InChI=1S/C15H11F2NO6S/c1-25(20,21)14-8(4-5-10-13(14)23-15(16,17)22-10)11(19)9-6-18-24-12(9)7-2-3-7/h4-7H,2-3H2,1H3. The second-order valence-electron chi connectivity index (χ2n) is 5.92. The highest BCUT2D eigenvalue weighted by atomic mass is 32.2. The Bertz CT molecular complexity index is 993. The summed E-state index contributed by atoms with van der Waals surface area (Å²) in [7, 11) is -4.07. The predicted molar refractivity (Wildman–Crippen MR) is 77.7 cm³/mol. The molecule has 4 rings (SSSR count). The molecule has 2 aromatic rings. The first kappa shape index (κ1) is 16.0. The highest BCUT2D eigenvalue weighted by Gasteiger charge is 2.47. The summed E-state index contributed by atoms with van der Waals surface area (Å²) in [5.74, 6) is -1.39. The van der Waals surface area contributed by atoms with Gasteiger partial charge in [-0.15, -0.1) is 8.78 Å². The molecule has 0 bridgehead atoms. The molecular formula is C15H11F2NO6S. The molecule has 7 nitrogen and oxygen atoms in total. The first-order valence-electron chi connectivity index (χ1n) is 7.29. The number of ketones is 1. The fourth-order valence-electron chi connectivity index (χ4n) is 2.74. The van der Waals surface area contributed by atoms with E-state index in [1.165, 1.54) is 6.20 Å². The topological polar surface area (TPSA) is 95.7 Å². The average molecular weight is 371 g/mol. The van der Waals surface area contributed by atoms with E-state index in [2.05, 4.69) is 14.6 Å². The lowest BCUT2D eigenvalue weighted by Crippen LogP contribution is -2.26. The largest absolute Gasteiger partial charge is 0.586 e. The van der Waals surface area contributed by atoms with Crippen molar-refractivity contribution in [1.29, 1.82) is 0 Å². The van der Waals surface area contributed by atoms with Crippen molar-refractivity contribution < 1.29 is 36.0 Å². The minimum atomic E-state index is -4.07. The van der Waals surface area contributed by atoms with Gasteiger partial charge >= 0.3 is 6.29 Å². The summed E-state index contributed by atoms with van der Waals surface area (Å²) in [6.07, 6.45) is -0.334. The van der Waals surface area contributed by atoms with Crippen LogP contribution in [0.3, 0.4) is 0 Å². The molecular weight excluding hydrogens is 360 g/mol. The van der Waals surface area contributed by atoms with E-state index in [1.807, 2.05) is 0 Å². The Morgan fingerprint density at radius 1 is 1.24 bits per heavy atom. The zero-order chi connectivity index (χ0) is 18.0. The molecule has 1 fully saturated rings. The molecule has 2 heterocycles. The molecule has 0 N–H and O–H groups in total. The molecule has 1 aliphatic heterocycles. The Hall–Kier alpha value is -2.49. The number of aromatic nitrogens is 1. The van der Waals surface area contributed by atoms with Crippen molar-refractivity contribution in [3.05, 3.63) is 35.2 Å². The zero-order valence-corrected chi connectivity index (χ0v) is 13.6. The van der Waals surface area contributed by atoms with Crippen molar-refractivity contribution in [2.45, 2.75) is 29.9 Å². The smallest absolute Gasteiger partial charge is 0.395 e. The maximum absolute atomic E-state index is 13.3. The van der Waals surface area contributed by atoms with Crippen LogP contribution in [0.1, 0.15) is 40.4 Å². The van der Waals surface area contributed by atoms with Crippen LogP contribution in [0.2, 0.25) is 0 Å². The second kappa shape index (κ2) is 5.01. The highest BCUT2D eigenvalue weighted by Crippen LogP contribution is 2.47. The van der Waals surface area contributed by atoms with E-state index in [1.54, 1.807) is 0 Å². The number of hydrogen-bond donors (Lipinski definition) is 0. The van der Waals surface area contributed by atoms with Crippen LogP contribution in [0, 0.1) is 0 Å². The van der Waals surface area contributed by atoms with Crippen LogP contribution in [-0.2, 0) is 9.84 Å². The molecule has 0 unspecified atom stereocenters. The molecule has 1 aromatic carbocycles. The fraction of sp³-hybridized carbons (Fsp3) is 0.333. The Balaban J connectivity index is 1.88. The van der Waals surface area contributed by atoms with Crippen LogP contribution in [-0.4, -0.2) is 31.9 Å². The number of carbonyl (C=O) groups is 1. The maximum atomic E-state index is 13.3. The summed E-state index contributed by atoms with van der Waals surface area (Å²) in [6.45, 7) is 0. The molecule has 0 radical (unpaired) electrons. The molecule has 0 saturated heterocycles. The Labute approximate surface area is 140 Å². The second-order valence-corrected chi connectivity index (χ2v) is 7.87. The Kier molecular flexibility index (Phi) is 3.21. The predicted octanol–water partition coefficient (Wildman–Crippen LogP) is 2.51. The molecule has 0 atom stereocenters. The van der Waals surface area contributed by atoms with Gasteiger partial charge in [0, 0.05) is 17.7 Å². The van der Waals surface area contributed by atoms with Gasteiger partial charge < -0.3 is 14.0 Å². The third-order valence-electron chi connectivity index (χ3n) is 3.93. The van der Waals surface area contributed by atoms with Crippen LogP contribution in [0.15, 0.2) is 27.7 Å². The van der Waals surface area contributed by atoms with E-state index in [9.17, 15) is 22.0 Å². The summed E-state index contributed by atoms with van der Waals surface area (Å²) >= 11 is 0. The lowest BCUT2D eigenvalue weighted by atomic mass is 10.0. The van der Waals surface area contributed by atoms with Gasteiger partial charge in [-0.25, -0.2) is 8.42 Å². The number of carbonyl (C=O) groups excluding carboxylic acids is 1. The fourth-order valence-corrected chi connectivity index (χ4v) is 3.78. The lowest BCUT2D eigenvalue weighted by Gasteiger charge is -2.10. The highest BCUT2D eigenvalue weighted by molar-refractivity contribution is 7.91. The van der Waals surface area contributed by atoms with Crippen molar-refractivity contribution in [3.8, 4) is 11.5 Å². The average Bonchev–Trinajstić information content (AvgIpc) is 3.13. The molecule has 0 amide bonds. The van der Waals surface area contributed by atoms with Crippen LogP contribution in [0.25, 0.3) is 0 Å². The van der Waals surface area contributed by atoms with Gasteiger partial charge in [-0.1, -0.05) is 5.16 Å². The molecule has 0 spiro atoms. The van der Waals surface area contributed by atoms with Crippen LogP contribution < -0.4 is 9.47 Å². The molecule has 1 saturated carbocycles. The first-order chi connectivity index (χ1) is 11.7. The number of halogens is 2. The first-order valence-corrected chi connectivity index (χ1v) is 9.19. The molecule has 132 valence electrons. The summed E-state index contributed by atoms with van der Waals surface area (Å²) in [4.78, 5) is 12.2. The normalized spacial score (nSPS) is 18.4. The number of ether oxygens (including phenoxy) is 2. The summed E-state index contributed by atoms with van der Waals surface area (Å²) in [6, 6.07) is 2.19. The minimum absolute atomic E-state index is 0.0569. The number of fused-ring (bicyclic) bond motifs is 1. The van der Waals surface area contributed by atoms with E-state index >= 15 is 0 Å². The number of nitrogens with zero attached hydrogens (tertiary/aromatic N) is 1. The van der Waals surface area contributed by atoms with Crippen LogP contribution in [0.5, 0.6) is 11.5 Å². The molecule has 25 heavy (non-hydrogen) atoms. The van der Waals surface area contributed by atoms with E-state index in [0.29, 0.717) is 5.76 Å². The summed E-state index contributed by atoms with van der Waals surface area (Å²) in [5.41, 5.74) is -0.189. The lowest BCUT2D eigenvalue weighted by molar-refractivity contribution is -0.287. The van der Waals surface area contributed by atoms with Gasteiger partial charge in [-0.05, 0) is 25.0 Å². The van der Waals surface area contributed by atoms with Gasteiger partial charge in [-0.2, -0.15) is 0 Å². The third kappa shape index (κ3) is 2.66. The van der Waals surface area contributed by atoms with Gasteiger partial charge in [-0.3, -0.25) is 4.79 Å². The monoisotopic (exact) mass is 371 g/mol. The quantitative estimate of drug-likeness (QED) is 0.762. The number of hydrogen-bond acceptors (Lipinski definition) is 7. The number of rotatable bonds is 4. The summed E-state index contributed by atoms with van der Waals surface area (Å²) in [5, 5.41) is 3.60. The van der Waals surface area contributed by atoms with Crippen molar-refractivity contribution in [2.75, 3.05) is 6.26 Å². The number of sulfone groups is 1. The molecule has 1 aromatic heterocycles. The van der Waals surface area contributed by atoms with Gasteiger partial charge in [0.25, 0.3) is 0 Å². The zero-order valence-electron chi connectivity index (χ0n) is 12.8. The molecule has 10 heteroatoms. The molecule has 2 aliphatic rings. The van der Waals surface area contributed by atoms with E-state index in [-0.39, 0.29) is 17.0 Å². The van der Waals surface area contributed by atoms with E-state index in [0.717, 1.165) is 31.2 Å². The molecule has 1 aliphatic carbocycles. The van der Waals surface area contributed by atoms with Crippen molar-refractivity contribution in [2.24, 2.45) is 0 Å². The maximum Gasteiger partial charge on any atom is 0.586 e. The SMILES string of the molecule is CS(=O)(=O)c1c(C(=O)c2cnoc2C2CC2)ccc2c1OC(F)(F)O2. The number of benzene rings is 1. The number of alkyl halides is 2. The van der Waals surface area contributed by atoms with Gasteiger partial charge in [0.1, 0.15) is 4.90 Å². The Morgan fingerprint density at radius 2 is 1.96 bits per heavy atom. The van der Waals surface area contributed by atoms with E-state index < -0.39 is 38.3 Å². The van der Waals surface area contributed by atoms with Gasteiger partial charge in [0.05, 0.1) is 11.8 Å². The summed E-state index contributed by atoms with van der Waals surface area (Å²) < 4.78 is 64.7. The van der Waals surface area contributed by atoms with Crippen molar-refractivity contribution in [3.63, 3.8) is 0 Å². The van der Waals surface area contributed by atoms with Crippen molar-refractivity contribution in [1.82, 2.24) is 5.16 Å². The third-order valence-corrected chi connectivity index (χ3v) is 5.08. The van der Waals surface area contributed by atoms with Gasteiger partial charge in [0.2, 0.25) is 0 Å².